The monoisotopic (exact) mass is 582 g/mol. The molecular weight excluding hydrogens is 546 g/mol. The Hall–Kier alpha value is -2.14. The number of aliphatic hydroxyl groups is 1. The number of para-hydroxylation sites is 1. The predicted octanol–water partition coefficient (Wildman–Crippen LogP) is 4.28. The normalized spacial score (nSPS) is 30.2. The van der Waals surface area contributed by atoms with Crippen molar-refractivity contribution in [2.45, 2.75) is 88.6 Å². The van der Waals surface area contributed by atoms with Gasteiger partial charge < -0.3 is 23.6 Å². The van der Waals surface area contributed by atoms with Gasteiger partial charge in [-0.25, -0.2) is 9.48 Å². The third kappa shape index (κ3) is 7.34. The van der Waals surface area contributed by atoms with Gasteiger partial charge in [0.1, 0.15) is 30.1 Å². The van der Waals surface area contributed by atoms with E-state index in [1.165, 1.54) is 13.1 Å². The summed E-state index contributed by atoms with van der Waals surface area (Å²) < 4.78 is 39.1. The number of aliphatic hydroxyl groups excluding tert-OH is 1. The summed E-state index contributed by atoms with van der Waals surface area (Å²) in [5.41, 5.74) is -1.70. The van der Waals surface area contributed by atoms with Gasteiger partial charge >= 0.3 is 12.6 Å². The maximum absolute atomic E-state index is 15.7. The van der Waals surface area contributed by atoms with E-state index < -0.39 is 48.7 Å². The molecule has 1 aromatic rings. The van der Waals surface area contributed by atoms with Gasteiger partial charge in [0.2, 0.25) is 5.91 Å². The van der Waals surface area contributed by atoms with Crippen LogP contribution >= 0.6 is 6.64 Å². The molecular formula is C27H36FN2O7PS. The van der Waals surface area contributed by atoms with E-state index >= 15 is 4.39 Å². The molecule has 2 heterocycles. The van der Waals surface area contributed by atoms with E-state index in [1.54, 1.807) is 37.3 Å². The number of carbonyl (C=O) groups excluding carboxylic acids is 2. The largest absolute Gasteiger partial charge is 0.461 e. The van der Waals surface area contributed by atoms with Crippen LogP contribution in [0.25, 0.3) is 0 Å². The fraction of sp³-hybridized carbons (Fsp3) is 0.556. The second-order valence-corrected chi connectivity index (χ2v) is 13.5. The predicted molar refractivity (Wildman–Crippen MR) is 147 cm³/mol. The first-order valence-electron chi connectivity index (χ1n) is 13.2. The van der Waals surface area contributed by atoms with Crippen molar-refractivity contribution in [3.8, 4) is 5.75 Å². The zero-order chi connectivity index (χ0) is 28.2. The minimum absolute atomic E-state index is 0.0220. The molecule has 1 unspecified atom stereocenters. The number of benzene rings is 1. The first kappa shape index (κ1) is 29.8. The standard InChI is InChI=1S/C27H36FN2O7PS/c1-18-14-15-30(23(31)16-18)26-27(3,28)24(32)22(36-26)17-34-38(39,37-21-12-8-5-9-13-21)29-19(2)25(33)35-20-10-6-4-7-11-20/h5,8-9,12-15,19-20,22,24,26,32H,1,4,6-7,10-11,16-17H2,2-3H3,(H,29,39)/t19-,22+,24+,26+,27+,38?/m0/s1. The van der Waals surface area contributed by atoms with Crippen LogP contribution in [0.1, 0.15) is 52.4 Å². The number of rotatable bonds is 10. The number of hydrogen-bond donors (Lipinski definition) is 2. The Morgan fingerprint density at radius 3 is 2.69 bits per heavy atom. The number of amides is 1. The van der Waals surface area contributed by atoms with Crippen molar-refractivity contribution in [2.75, 3.05) is 6.61 Å². The summed E-state index contributed by atoms with van der Waals surface area (Å²) in [4.78, 5) is 26.5. The summed E-state index contributed by atoms with van der Waals surface area (Å²) in [7, 11) is 0. The highest BCUT2D eigenvalue weighted by Crippen LogP contribution is 2.47. The molecule has 2 fully saturated rings. The third-order valence-electron chi connectivity index (χ3n) is 7.02. The molecule has 3 aliphatic rings. The van der Waals surface area contributed by atoms with Crippen LogP contribution < -0.4 is 9.61 Å². The number of halogens is 1. The van der Waals surface area contributed by atoms with Gasteiger partial charge in [-0.3, -0.25) is 14.5 Å². The zero-order valence-electron chi connectivity index (χ0n) is 22.2. The average molecular weight is 583 g/mol. The van der Waals surface area contributed by atoms with E-state index in [0.29, 0.717) is 11.3 Å². The fourth-order valence-corrected chi connectivity index (χ4v) is 7.21. The van der Waals surface area contributed by atoms with Crippen molar-refractivity contribution in [1.29, 1.82) is 0 Å². The number of carbonyl (C=O) groups is 2. The van der Waals surface area contributed by atoms with Gasteiger partial charge in [-0.2, -0.15) is 0 Å². The molecule has 0 radical (unpaired) electrons. The number of hydrogen-bond acceptors (Lipinski definition) is 8. The summed E-state index contributed by atoms with van der Waals surface area (Å²) in [5.74, 6) is -0.455. The molecule has 1 saturated heterocycles. The van der Waals surface area contributed by atoms with Crippen LogP contribution in [0.3, 0.4) is 0 Å². The van der Waals surface area contributed by atoms with Crippen molar-refractivity contribution in [3.05, 3.63) is 54.8 Å². The number of nitrogens with zero attached hydrogens (tertiary/aromatic N) is 1. The molecule has 1 aromatic carbocycles. The topological polar surface area (TPSA) is 107 Å². The molecule has 2 N–H and O–H groups in total. The molecule has 214 valence electrons. The second-order valence-electron chi connectivity index (χ2n) is 10.3. The van der Waals surface area contributed by atoms with Gasteiger partial charge in [-0.05, 0) is 75.1 Å². The number of ether oxygens (including phenoxy) is 2. The molecule has 39 heavy (non-hydrogen) atoms. The molecule has 0 bridgehead atoms. The molecule has 9 nitrogen and oxygen atoms in total. The Balaban J connectivity index is 1.45. The van der Waals surface area contributed by atoms with Gasteiger partial charge in [0.05, 0.1) is 13.0 Å². The van der Waals surface area contributed by atoms with Gasteiger partial charge in [-0.1, -0.05) is 31.2 Å². The highest BCUT2D eigenvalue weighted by Gasteiger charge is 2.57. The van der Waals surface area contributed by atoms with Crippen molar-refractivity contribution >= 4 is 30.3 Å². The lowest BCUT2D eigenvalue weighted by Crippen LogP contribution is -2.51. The number of esters is 1. The van der Waals surface area contributed by atoms with E-state index in [-0.39, 0.29) is 19.1 Å². The molecule has 0 aromatic heterocycles. The number of allylic oxidation sites excluding steroid dienone is 1. The lowest BCUT2D eigenvalue weighted by atomic mass is 9.97. The Kier molecular flexibility index (Phi) is 9.62. The van der Waals surface area contributed by atoms with Crippen LogP contribution in [0.5, 0.6) is 5.75 Å². The maximum Gasteiger partial charge on any atom is 0.323 e. The number of nitrogens with one attached hydrogen (secondary N) is 1. The molecule has 1 aliphatic carbocycles. The molecule has 12 heteroatoms. The van der Waals surface area contributed by atoms with Gasteiger partial charge in [0, 0.05) is 6.20 Å². The quantitative estimate of drug-likeness (QED) is 0.309. The maximum atomic E-state index is 15.7. The first-order chi connectivity index (χ1) is 18.5. The van der Waals surface area contributed by atoms with E-state index in [0.717, 1.165) is 37.0 Å². The molecule has 1 saturated carbocycles. The van der Waals surface area contributed by atoms with E-state index in [1.807, 2.05) is 6.07 Å². The zero-order valence-corrected chi connectivity index (χ0v) is 23.9. The summed E-state index contributed by atoms with van der Waals surface area (Å²) in [5, 5.41) is 13.7. The lowest BCUT2D eigenvalue weighted by Gasteiger charge is -2.33. The lowest BCUT2D eigenvalue weighted by molar-refractivity contribution is -0.152. The fourth-order valence-electron chi connectivity index (χ4n) is 4.79. The highest BCUT2D eigenvalue weighted by atomic mass is 32.5. The summed E-state index contributed by atoms with van der Waals surface area (Å²) >= 11 is 5.73. The van der Waals surface area contributed by atoms with Crippen molar-refractivity contribution in [1.82, 2.24) is 9.99 Å². The molecule has 6 atom stereocenters. The molecule has 2 aliphatic heterocycles. The van der Waals surface area contributed by atoms with Gasteiger partial charge in [-0.15, -0.1) is 0 Å². The van der Waals surface area contributed by atoms with Crippen LogP contribution in [0, 0.1) is 0 Å². The van der Waals surface area contributed by atoms with Crippen LogP contribution in [0.4, 0.5) is 4.39 Å². The van der Waals surface area contributed by atoms with Crippen molar-refractivity contribution in [3.63, 3.8) is 0 Å². The first-order valence-corrected chi connectivity index (χ1v) is 15.8. The second kappa shape index (κ2) is 12.6. The summed E-state index contributed by atoms with van der Waals surface area (Å²) in [6.07, 6.45) is 3.55. The highest BCUT2D eigenvalue weighted by molar-refractivity contribution is 8.09. The van der Waals surface area contributed by atoms with Crippen molar-refractivity contribution < 1.29 is 37.6 Å². The summed E-state index contributed by atoms with van der Waals surface area (Å²) in [6, 6.07) is 7.86. The van der Waals surface area contributed by atoms with E-state index in [4.69, 9.17) is 30.3 Å². The van der Waals surface area contributed by atoms with Crippen LogP contribution in [0.2, 0.25) is 0 Å². The minimum Gasteiger partial charge on any atom is -0.461 e. The number of alkyl halides is 1. The van der Waals surface area contributed by atoms with E-state index in [2.05, 4.69) is 11.7 Å². The van der Waals surface area contributed by atoms with Gasteiger partial charge in [0.25, 0.3) is 0 Å². The smallest absolute Gasteiger partial charge is 0.323 e. The Morgan fingerprint density at radius 2 is 2.03 bits per heavy atom. The van der Waals surface area contributed by atoms with Gasteiger partial charge in [0.15, 0.2) is 11.9 Å². The molecule has 0 spiro atoms. The minimum atomic E-state index is -3.43. The SMILES string of the molecule is C=C1C=CN([C@@H]2O[C@H](COP(=S)(N[C@@H](C)C(=O)OC3CCCCC3)Oc3ccccc3)[C@@H](O)[C@@]2(C)F)C(=O)C1. The Bertz CT molecular complexity index is 1130. The summed E-state index contributed by atoms with van der Waals surface area (Å²) in [6.45, 7) is 2.75. The molecule has 1 amide bonds. The molecule has 4 rings (SSSR count). The Morgan fingerprint density at radius 1 is 1.33 bits per heavy atom. The van der Waals surface area contributed by atoms with E-state index in [9.17, 15) is 14.7 Å². The Labute approximate surface area is 233 Å². The average Bonchev–Trinajstić information content (AvgIpc) is 3.12. The van der Waals surface area contributed by atoms with Crippen molar-refractivity contribution in [2.24, 2.45) is 0 Å². The third-order valence-corrected chi connectivity index (χ3v) is 9.52. The van der Waals surface area contributed by atoms with Crippen LogP contribution in [-0.4, -0.2) is 64.7 Å². The van der Waals surface area contributed by atoms with Crippen LogP contribution in [-0.2, 0) is 35.4 Å². The van der Waals surface area contributed by atoms with Crippen LogP contribution in [0.15, 0.2) is 54.8 Å².